The molecule has 0 spiro atoms. The highest BCUT2D eigenvalue weighted by atomic mass is 15.0. The Kier molecular flexibility index (Phi) is 3.23. The van der Waals surface area contributed by atoms with E-state index in [1.165, 1.54) is 0 Å². The zero-order valence-electron chi connectivity index (χ0n) is 13.4. The molecule has 118 valence electrons. The van der Waals surface area contributed by atoms with Gasteiger partial charge < -0.3 is 10.1 Å². The average Bonchev–Trinajstić information content (AvgIpc) is 2.98. The number of aromatic nitrogens is 5. The second-order valence-corrected chi connectivity index (χ2v) is 5.65. The molecule has 24 heavy (non-hydrogen) atoms. The van der Waals surface area contributed by atoms with Crippen LogP contribution in [0.3, 0.4) is 0 Å². The zero-order chi connectivity index (χ0) is 16.7. The van der Waals surface area contributed by atoms with Gasteiger partial charge in [-0.3, -0.25) is 4.98 Å². The van der Waals surface area contributed by atoms with Crippen molar-refractivity contribution in [1.82, 2.24) is 24.3 Å². The molecule has 0 radical (unpaired) electrons. The number of pyridine rings is 2. The Morgan fingerprint density at radius 3 is 2.62 bits per heavy atom. The smallest absolute Gasteiger partial charge is 0.145 e. The van der Waals surface area contributed by atoms with E-state index in [-0.39, 0.29) is 0 Å². The van der Waals surface area contributed by atoms with Crippen LogP contribution in [0.15, 0.2) is 48.9 Å². The third-order valence-electron chi connectivity index (χ3n) is 3.98. The van der Waals surface area contributed by atoms with Gasteiger partial charge in [0.25, 0.3) is 0 Å². The van der Waals surface area contributed by atoms with Gasteiger partial charge in [-0.25, -0.2) is 15.0 Å². The molecule has 4 aromatic heterocycles. The topological polar surface area (TPSA) is 82.0 Å². The van der Waals surface area contributed by atoms with Crippen molar-refractivity contribution in [3.8, 4) is 22.6 Å². The lowest BCUT2D eigenvalue weighted by atomic mass is 10.1. The molecule has 6 heteroatoms. The molecule has 2 N–H and O–H groups in total. The highest BCUT2D eigenvalue weighted by Gasteiger charge is 2.15. The number of aryl methyl sites for hydroxylation is 2. The van der Waals surface area contributed by atoms with Gasteiger partial charge in [-0.15, -0.1) is 0 Å². The third kappa shape index (κ3) is 2.28. The lowest BCUT2D eigenvalue weighted by Gasteiger charge is -2.11. The van der Waals surface area contributed by atoms with Crippen molar-refractivity contribution >= 4 is 11.5 Å². The lowest BCUT2D eigenvalue weighted by Crippen LogP contribution is -2.03. The molecule has 0 aromatic carbocycles. The molecule has 0 saturated carbocycles. The summed E-state index contributed by atoms with van der Waals surface area (Å²) in [6, 6.07) is 9.66. The van der Waals surface area contributed by atoms with Crippen molar-refractivity contribution in [2.75, 3.05) is 5.73 Å². The van der Waals surface area contributed by atoms with Crippen LogP contribution < -0.4 is 5.73 Å². The van der Waals surface area contributed by atoms with Gasteiger partial charge in [0, 0.05) is 29.8 Å². The molecular formula is C18H16N6. The third-order valence-corrected chi connectivity index (χ3v) is 3.98. The van der Waals surface area contributed by atoms with Crippen LogP contribution in [0.2, 0.25) is 0 Å². The van der Waals surface area contributed by atoms with Crippen LogP contribution in [0.4, 0.5) is 5.82 Å². The van der Waals surface area contributed by atoms with Crippen LogP contribution in [0.1, 0.15) is 11.4 Å². The minimum Gasteiger partial charge on any atom is -0.382 e. The molecule has 0 fully saturated rings. The summed E-state index contributed by atoms with van der Waals surface area (Å²) in [5, 5.41) is 0. The van der Waals surface area contributed by atoms with Gasteiger partial charge in [-0.05, 0) is 38.1 Å². The van der Waals surface area contributed by atoms with Gasteiger partial charge in [0.15, 0.2) is 0 Å². The van der Waals surface area contributed by atoms with E-state index in [1.54, 1.807) is 6.20 Å². The number of nitrogen functional groups attached to an aromatic ring is 1. The van der Waals surface area contributed by atoms with Crippen molar-refractivity contribution in [2.24, 2.45) is 0 Å². The normalized spacial score (nSPS) is 11.1. The fraction of sp³-hybridized carbons (Fsp3) is 0.111. The molecule has 0 aliphatic carbocycles. The Labute approximate surface area is 139 Å². The van der Waals surface area contributed by atoms with E-state index in [9.17, 15) is 0 Å². The van der Waals surface area contributed by atoms with Gasteiger partial charge in [0.05, 0.1) is 11.4 Å². The molecule has 0 amide bonds. The number of rotatable bonds is 2. The Balaban J connectivity index is 1.99. The quantitative estimate of drug-likeness (QED) is 0.614. The summed E-state index contributed by atoms with van der Waals surface area (Å²) >= 11 is 0. The highest BCUT2D eigenvalue weighted by molar-refractivity contribution is 5.77. The van der Waals surface area contributed by atoms with E-state index in [0.29, 0.717) is 17.2 Å². The van der Waals surface area contributed by atoms with E-state index in [0.717, 1.165) is 28.3 Å². The first kappa shape index (κ1) is 14.3. The Hall–Kier alpha value is -3.28. The number of anilines is 1. The Bertz CT molecular complexity index is 1040. The first-order chi connectivity index (χ1) is 11.6. The van der Waals surface area contributed by atoms with E-state index < -0.39 is 0 Å². The summed E-state index contributed by atoms with van der Waals surface area (Å²) < 4.78 is 2.03. The van der Waals surface area contributed by atoms with Gasteiger partial charge >= 0.3 is 0 Å². The van der Waals surface area contributed by atoms with Gasteiger partial charge in [-0.1, -0.05) is 6.07 Å². The van der Waals surface area contributed by atoms with Gasteiger partial charge in [0.2, 0.25) is 0 Å². The number of nitrogens with zero attached hydrogens (tertiary/aromatic N) is 5. The average molecular weight is 316 g/mol. The van der Waals surface area contributed by atoms with Gasteiger partial charge in [-0.2, -0.15) is 0 Å². The zero-order valence-corrected chi connectivity index (χ0v) is 13.4. The van der Waals surface area contributed by atoms with Crippen molar-refractivity contribution in [1.29, 1.82) is 0 Å². The van der Waals surface area contributed by atoms with Crippen molar-refractivity contribution in [2.45, 2.75) is 13.8 Å². The largest absolute Gasteiger partial charge is 0.382 e. The fourth-order valence-electron chi connectivity index (χ4n) is 2.66. The Morgan fingerprint density at radius 2 is 1.83 bits per heavy atom. The van der Waals surface area contributed by atoms with Crippen molar-refractivity contribution in [3.63, 3.8) is 0 Å². The van der Waals surface area contributed by atoms with Crippen LogP contribution in [-0.2, 0) is 0 Å². The standard InChI is InChI=1S/C18H16N6/c1-11-9-21-15-7-6-13(10-24(11)15)16-17(14-5-3-4-8-20-14)23-18(19)12(2)22-16/h3-10H,1-2H3,(H2,19,23). The predicted molar refractivity (Wildman–Crippen MR) is 93.3 cm³/mol. The van der Waals surface area contributed by atoms with Crippen LogP contribution in [-0.4, -0.2) is 24.3 Å². The molecule has 0 unspecified atom stereocenters. The first-order valence-corrected chi connectivity index (χ1v) is 7.63. The van der Waals surface area contributed by atoms with Crippen LogP contribution in [0.5, 0.6) is 0 Å². The summed E-state index contributed by atoms with van der Waals surface area (Å²) in [7, 11) is 0. The molecule has 4 heterocycles. The summed E-state index contributed by atoms with van der Waals surface area (Å²) in [4.78, 5) is 18.0. The van der Waals surface area contributed by atoms with E-state index >= 15 is 0 Å². The molecule has 6 nitrogen and oxygen atoms in total. The molecule has 0 atom stereocenters. The number of imidazole rings is 1. The maximum atomic E-state index is 5.99. The van der Waals surface area contributed by atoms with Crippen molar-refractivity contribution in [3.05, 3.63) is 60.3 Å². The van der Waals surface area contributed by atoms with Crippen LogP contribution in [0, 0.1) is 13.8 Å². The highest BCUT2D eigenvalue weighted by Crippen LogP contribution is 2.29. The number of hydrogen-bond donors (Lipinski definition) is 1. The summed E-state index contributed by atoms with van der Waals surface area (Å²) in [6.07, 6.45) is 5.60. The predicted octanol–water partition coefficient (Wildman–Crippen LogP) is 3.05. The summed E-state index contributed by atoms with van der Waals surface area (Å²) in [6.45, 7) is 3.87. The molecule has 0 aliphatic rings. The fourth-order valence-corrected chi connectivity index (χ4v) is 2.66. The maximum Gasteiger partial charge on any atom is 0.145 e. The SMILES string of the molecule is Cc1nc(-c2ccc3ncc(C)n3c2)c(-c2ccccn2)nc1N. The Morgan fingerprint density at radius 1 is 0.958 bits per heavy atom. The molecule has 0 bridgehead atoms. The monoisotopic (exact) mass is 316 g/mol. The molecule has 4 rings (SSSR count). The van der Waals surface area contributed by atoms with Gasteiger partial charge in [0.1, 0.15) is 22.9 Å². The number of fused-ring (bicyclic) bond motifs is 1. The van der Waals surface area contributed by atoms with E-state index in [2.05, 4.69) is 19.9 Å². The lowest BCUT2D eigenvalue weighted by molar-refractivity contribution is 1.09. The first-order valence-electron chi connectivity index (χ1n) is 7.63. The van der Waals surface area contributed by atoms with E-state index in [4.69, 9.17) is 5.73 Å². The summed E-state index contributed by atoms with van der Waals surface area (Å²) in [5.74, 6) is 0.416. The molecule has 0 saturated heterocycles. The molecular weight excluding hydrogens is 300 g/mol. The number of hydrogen-bond acceptors (Lipinski definition) is 5. The minimum atomic E-state index is 0.416. The second kappa shape index (κ2) is 5.42. The van der Waals surface area contributed by atoms with E-state index in [1.807, 2.05) is 61.0 Å². The number of nitrogens with two attached hydrogens (primary N) is 1. The van der Waals surface area contributed by atoms with Crippen molar-refractivity contribution < 1.29 is 0 Å². The van der Waals surface area contributed by atoms with Crippen LogP contribution >= 0.6 is 0 Å². The molecule has 4 aromatic rings. The maximum absolute atomic E-state index is 5.99. The molecule has 0 aliphatic heterocycles. The second-order valence-electron chi connectivity index (χ2n) is 5.65. The summed E-state index contributed by atoms with van der Waals surface area (Å²) in [5.41, 5.74) is 11.8. The van der Waals surface area contributed by atoms with Crippen LogP contribution in [0.25, 0.3) is 28.3 Å². The minimum absolute atomic E-state index is 0.416.